The van der Waals surface area contributed by atoms with Gasteiger partial charge in [0.15, 0.2) is 0 Å². The summed E-state index contributed by atoms with van der Waals surface area (Å²) in [6.45, 7) is 8.51. The monoisotopic (exact) mass is 398 g/mol. The Morgan fingerprint density at radius 3 is 2.17 bits per heavy atom. The van der Waals surface area contributed by atoms with Gasteiger partial charge in [-0.05, 0) is 35.2 Å². The summed E-state index contributed by atoms with van der Waals surface area (Å²) in [5.74, 6) is 0.859. The second kappa shape index (κ2) is 9.45. The Kier molecular flexibility index (Phi) is 7.26. The van der Waals surface area contributed by atoms with Crippen molar-refractivity contribution in [1.82, 2.24) is 5.32 Å². The summed E-state index contributed by atoms with van der Waals surface area (Å²) >= 11 is 0. The Hall–Kier alpha value is -3.02. The first-order valence-corrected chi connectivity index (χ1v) is 9.56. The predicted octanol–water partition coefficient (Wildman–Crippen LogP) is 3.78. The van der Waals surface area contributed by atoms with E-state index in [9.17, 15) is 9.59 Å². The molecule has 0 aliphatic carbocycles. The number of carbonyl (C=O) groups excluding carboxylic acids is 2. The number of nitrogens with one attached hydrogen (secondary N) is 1. The number of amides is 2. The maximum absolute atomic E-state index is 12.4. The zero-order valence-electron chi connectivity index (χ0n) is 18.0. The van der Waals surface area contributed by atoms with E-state index in [2.05, 4.69) is 26.1 Å². The van der Waals surface area contributed by atoms with Crippen LogP contribution in [-0.2, 0) is 10.2 Å². The molecular formula is C23H30N2O4. The van der Waals surface area contributed by atoms with Gasteiger partial charge in [0.25, 0.3) is 5.91 Å². The van der Waals surface area contributed by atoms with Gasteiger partial charge < -0.3 is 19.7 Å². The Morgan fingerprint density at radius 1 is 1.00 bits per heavy atom. The zero-order chi connectivity index (χ0) is 21.6. The van der Waals surface area contributed by atoms with Crippen LogP contribution in [0.1, 0.15) is 43.6 Å². The van der Waals surface area contributed by atoms with Crippen LogP contribution in [0.2, 0.25) is 0 Å². The number of hydrogen-bond donors (Lipinski definition) is 1. The summed E-state index contributed by atoms with van der Waals surface area (Å²) < 4.78 is 10.6. The van der Waals surface area contributed by atoms with Crippen LogP contribution in [0.3, 0.4) is 0 Å². The number of ether oxygens (including phenoxy) is 2. The largest absolute Gasteiger partial charge is 0.497 e. The second-order valence-corrected chi connectivity index (χ2v) is 7.79. The standard InChI is InChI=1S/C23H30N2O4/c1-16(26)25(20-12-11-19(28-5)15-21(20)29-6)14-13-24-22(27)17-7-9-18(10-8-17)23(2,3)4/h7-12,15H,13-14H2,1-6H3,(H,24,27). The van der Waals surface area contributed by atoms with E-state index in [-0.39, 0.29) is 17.2 Å². The number of nitrogens with zero attached hydrogens (tertiary/aromatic N) is 1. The third-order valence-electron chi connectivity index (χ3n) is 4.69. The molecule has 0 saturated carbocycles. The lowest BCUT2D eigenvalue weighted by Crippen LogP contribution is -2.37. The summed E-state index contributed by atoms with van der Waals surface area (Å²) in [7, 11) is 3.11. The van der Waals surface area contributed by atoms with E-state index in [0.717, 1.165) is 0 Å². The summed E-state index contributed by atoms with van der Waals surface area (Å²) in [6, 6.07) is 12.9. The molecule has 0 spiro atoms. The average molecular weight is 399 g/mol. The predicted molar refractivity (Wildman–Crippen MR) is 115 cm³/mol. The third-order valence-corrected chi connectivity index (χ3v) is 4.69. The summed E-state index contributed by atoms with van der Waals surface area (Å²) in [5.41, 5.74) is 2.43. The first-order chi connectivity index (χ1) is 13.7. The number of hydrogen-bond acceptors (Lipinski definition) is 4. The first kappa shape index (κ1) is 22.3. The van der Waals surface area contributed by atoms with Gasteiger partial charge in [-0.2, -0.15) is 0 Å². The molecule has 0 saturated heterocycles. The van der Waals surface area contributed by atoms with Gasteiger partial charge in [0.2, 0.25) is 5.91 Å². The molecule has 1 N–H and O–H groups in total. The van der Waals surface area contributed by atoms with Gasteiger partial charge in [-0.15, -0.1) is 0 Å². The van der Waals surface area contributed by atoms with Crippen molar-refractivity contribution in [2.45, 2.75) is 33.1 Å². The molecule has 0 atom stereocenters. The van der Waals surface area contributed by atoms with Crippen LogP contribution in [0.15, 0.2) is 42.5 Å². The van der Waals surface area contributed by atoms with Crippen LogP contribution in [0, 0.1) is 0 Å². The van der Waals surface area contributed by atoms with Crippen LogP contribution in [0.25, 0.3) is 0 Å². The van der Waals surface area contributed by atoms with Crippen molar-refractivity contribution in [1.29, 1.82) is 0 Å². The third kappa shape index (κ3) is 5.73. The van der Waals surface area contributed by atoms with Crippen LogP contribution in [0.4, 0.5) is 5.69 Å². The van der Waals surface area contributed by atoms with Gasteiger partial charge in [0.05, 0.1) is 19.9 Å². The highest BCUT2D eigenvalue weighted by Gasteiger charge is 2.18. The van der Waals surface area contributed by atoms with Crippen LogP contribution in [-0.4, -0.2) is 39.1 Å². The number of methoxy groups -OCH3 is 2. The van der Waals surface area contributed by atoms with Crippen molar-refractivity contribution in [2.75, 3.05) is 32.2 Å². The molecular weight excluding hydrogens is 368 g/mol. The fourth-order valence-corrected chi connectivity index (χ4v) is 2.96. The lowest BCUT2D eigenvalue weighted by molar-refractivity contribution is -0.116. The molecule has 2 amide bonds. The number of carbonyl (C=O) groups is 2. The molecule has 2 aromatic rings. The molecule has 0 heterocycles. The Labute approximate surface area is 172 Å². The van der Waals surface area contributed by atoms with Crippen LogP contribution < -0.4 is 19.7 Å². The average Bonchev–Trinajstić information content (AvgIpc) is 2.70. The minimum absolute atomic E-state index is 0.0361. The zero-order valence-corrected chi connectivity index (χ0v) is 18.0. The SMILES string of the molecule is COc1ccc(N(CCNC(=O)c2ccc(C(C)(C)C)cc2)C(C)=O)c(OC)c1. The summed E-state index contributed by atoms with van der Waals surface area (Å²) in [6.07, 6.45) is 0. The minimum Gasteiger partial charge on any atom is -0.497 e. The van der Waals surface area contributed by atoms with Gasteiger partial charge >= 0.3 is 0 Å². The summed E-state index contributed by atoms with van der Waals surface area (Å²) in [5, 5.41) is 2.87. The molecule has 0 fully saturated rings. The highest BCUT2D eigenvalue weighted by molar-refractivity contribution is 5.95. The minimum atomic E-state index is -0.171. The molecule has 0 bridgehead atoms. The lowest BCUT2D eigenvalue weighted by atomic mass is 9.87. The molecule has 2 rings (SSSR count). The quantitative estimate of drug-likeness (QED) is 0.771. The maximum atomic E-state index is 12.4. The normalized spacial score (nSPS) is 11.0. The van der Waals surface area contributed by atoms with E-state index in [1.165, 1.54) is 12.5 Å². The van der Waals surface area contributed by atoms with Crippen molar-refractivity contribution in [2.24, 2.45) is 0 Å². The van der Waals surface area contributed by atoms with Gasteiger partial charge in [-0.25, -0.2) is 0 Å². The second-order valence-electron chi connectivity index (χ2n) is 7.79. The lowest BCUT2D eigenvalue weighted by Gasteiger charge is -2.24. The Morgan fingerprint density at radius 2 is 1.66 bits per heavy atom. The van der Waals surface area contributed by atoms with Crippen molar-refractivity contribution in [3.8, 4) is 11.5 Å². The molecule has 29 heavy (non-hydrogen) atoms. The molecule has 0 aliphatic heterocycles. The molecule has 2 aromatic carbocycles. The van der Waals surface area contributed by atoms with E-state index < -0.39 is 0 Å². The van der Waals surface area contributed by atoms with E-state index in [1.807, 2.05) is 24.3 Å². The smallest absolute Gasteiger partial charge is 0.251 e. The Balaban J connectivity index is 2.05. The number of benzene rings is 2. The molecule has 0 aliphatic rings. The number of rotatable bonds is 7. The highest BCUT2D eigenvalue weighted by Crippen LogP contribution is 2.32. The van der Waals surface area contributed by atoms with Gasteiger partial charge in [0.1, 0.15) is 11.5 Å². The fraction of sp³-hybridized carbons (Fsp3) is 0.391. The van der Waals surface area contributed by atoms with Crippen molar-refractivity contribution < 1.29 is 19.1 Å². The molecule has 6 heteroatoms. The van der Waals surface area contributed by atoms with Crippen LogP contribution in [0.5, 0.6) is 11.5 Å². The van der Waals surface area contributed by atoms with Crippen molar-refractivity contribution in [3.05, 3.63) is 53.6 Å². The van der Waals surface area contributed by atoms with E-state index in [4.69, 9.17) is 9.47 Å². The van der Waals surface area contributed by atoms with Gasteiger partial charge in [-0.3, -0.25) is 9.59 Å². The highest BCUT2D eigenvalue weighted by atomic mass is 16.5. The molecule has 0 radical (unpaired) electrons. The van der Waals surface area contributed by atoms with Crippen molar-refractivity contribution >= 4 is 17.5 Å². The van der Waals surface area contributed by atoms with Crippen molar-refractivity contribution in [3.63, 3.8) is 0 Å². The van der Waals surface area contributed by atoms with E-state index >= 15 is 0 Å². The first-order valence-electron chi connectivity index (χ1n) is 9.56. The molecule has 156 valence electrons. The van der Waals surface area contributed by atoms with Gasteiger partial charge in [-0.1, -0.05) is 32.9 Å². The molecule has 0 unspecified atom stereocenters. The van der Waals surface area contributed by atoms with Crippen LogP contribution >= 0.6 is 0 Å². The summed E-state index contributed by atoms with van der Waals surface area (Å²) in [4.78, 5) is 26.2. The van der Waals surface area contributed by atoms with Gasteiger partial charge in [0, 0.05) is 31.6 Å². The van der Waals surface area contributed by atoms with E-state index in [1.54, 1.807) is 37.3 Å². The Bertz CT molecular complexity index is 854. The molecule has 6 nitrogen and oxygen atoms in total. The topological polar surface area (TPSA) is 67.9 Å². The molecule has 0 aromatic heterocycles. The maximum Gasteiger partial charge on any atom is 0.251 e. The fourth-order valence-electron chi connectivity index (χ4n) is 2.96. The van der Waals surface area contributed by atoms with E-state index in [0.29, 0.717) is 35.8 Å². The number of anilines is 1.